The van der Waals surface area contributed by atoms with Crippen molar-refractivity contribution in [2.45, 2.75) is 19.4 Å². The molecule has 1 atom stereocenters. The Morgan fingerprint density at radius 2 is 1.85 bits per heavy atom. The van der Waals surface area contributed by atoms with Crippen LogP contribution in [0.5, 0.6) is 5.75 Å². The van der Waals surface area contributed by atoms with E-state index < -0.39 is 6.10 Å². The molecule has 106 valence electrons. The predicted molar refractivity (Wildman–Crippen MR) is 82.9 cm³/mol. The molecular weight excluding hydrogens is 295 g/mol. The van der Waals surface area contributed by atoms with Crippen LogP contribution in [0.3, 0.4) is 0 Å². The Kier molecular flexibility index (Phi) is 4.92. The van der Waals surface area contributed by atoms with Crippen molar-refractivity contribution < 1.29 is 9.84 Å². The van der Waals surface area contributed by atoms with Crippen LogP contribution in [-0.4, -0.2) is 12.2 Å². The van der Waals surface area contributed by atoms with Crippen molar-refractivity contribution in [1.82, 2.24) is 0 Å². The summed E-state index contributed by atoms with van der Waals surface area (Å²) in [6.45, 7) is 1.95. The molecule has 0 spiro atoms. The molecule has 2 nitrogen and oxygen atoms in total. The van der Waals surface area contributed by atoms with Crippen molar-refractivity contribution >= 4 is 23.2 Å². The molecule has 0 saturated heterocycles. The van der Waals surface area contributed by atoms with Crippen molar-refractivity contribution in [1.29, 1.82) is 0 Å². The second-order valence-electron chi connectivity index (χ2n) is 4.74. The highest BCUT2D eigenvalue weighted by atomic mass is 35.5. The molecule has 0 heterocycles. The zero-order valence-corrected chi connectivity index (χ0v) is 12.9. The second-order valence-corrected chi connectivity index (χ2v) is 5.61. The van der Waals surface area contributed by atoms with Crippen molar-refractivity contribution in [3.63, 3.8) is 0 Å². The van der Waals surface area contributed by atoms with Crippen LogP contribution in [0.2, 0.25) is 10.0 Å². The van der Waals surface area contributed by atoms with E-state index in [2.05, 4.69) is 0 Å². The minimum Gasteiger partial charge on any atom is -0.496 e. The molecule has 2 rings (SSSR count). The highest BCUT2D eigenvalue weighted by Gasteiger charge is 2.13. The smallest absolute Gasteiger partial charge is 0.122 e. The van der Waals surface area contributed by atoms with E-state index >= 15 is 0 Å². The van der Waals surface area contributed by atoms with E-state index in [4.69, 9.17) is 27.9 Å². The number of ether oxygens (including phenoxy) is 1. The summed E-state index contributed by atoms with van der Waals surface area (Å²) >= 11 is 12.0. The van der Waals surface area contributed by atoms with Gasteiger partial charge in [-0.3, -0.25) is 0 Å². The first-order valence-corrected chi connectivity index (χ1v) is 7.03. The van der Waals surface area contributed by atoms with Gasteiger partial charge >= 0.3 is 0 Å². The lowest BCUT2D eigenvalue weighted by Gasteiger charge is -2.15. The molecule has 0 amide bonds. The van der Waals surface area contributed by atoms with Crippen molar-refractivity contribution in [2.24, 2.45) is 0 Å². The van der Waals surface area contributed by atoms with E-state index in [1.54, 1.807) is 31.4 Å². The molecule has 0 saturated carbocycles. The van der Waals surface area contributed by atoms with Gasteiger partial charge in [-0.05, 0) is 53.9 Å². The number of hydrogen-bond donors (Lipinski definition) is 1. The van der Waals surface area contributed by atoms with Gasteiger partial charge in [-0.15, -0.1) is 0 Å². The summed E-state index contributed by atoms with van der Waals surface area (Å²) in [6, 6.07) is 10.9. The molecule has 1 unspecified atom stereocenters. The van der Waals surface area contributed by atoms with Gasteiger partial charge in [0.1, 0.15) is 5.75 Å². The molecular formula is C16H16Cl2O2. The normalized spacial score (nSPS) is 12.2. The average molecular weight is 311 g/mol. The molecule has 0 aromatic heterocycles. The van der Waals surface area contributed by atoms with Crippen molar-refractivity contribution in [3.8, 4) is 5.75 Å². The summed E-state index contributed by atoms with van der Waals surface area (Å²) in [6.07, 6.45) is -0.233. The highest BCUT2D eigenvalue weighted by molar-refractivity contribution is 6.31. The first-order valence-electron chi connectivity index (χ1n) is 6.27. The predicted octanol–water partition coefficient (Wildman–Crippen LogP) is 4.59. The number of aliphatic hydroxyl groups is 1. The first kappa shape index (κ1) is 15.2. The Morgan fingerprint density at radius 1 is 1.10 bits per heavy atom. The summed E-state index contributed by atoms with van der Waals surface area (Å²) in [5.74, 6) is 0.715. The summed E-state index contributed by atoms with van der Waals surface area (Å²) in [7, 11) is 1.60. The summed E-state index contributed by atoms with van der Waals surface area (Å²) in [5.41, 5.74) is 2.67. The maximum atomic E-state index is 10.4. The van der Waals surface area contributed by atoms with Crippen molar-refractivity contribution in [2.75, 3.05) is 7.11 Å². The molecule has 4 heteroatoms. The molecule has 0 aliphatic carbocycles. The fourth-order valence-electron chi connectivity index (χ4n) is 2.19. The van der Waals surface area contributed by atoms with Crippen LogP contribution < -0.4 is 4.74 Å². The van der Waals surface area contributed by atoms with Gasteiger partial charge in [0.2, 0.25) is 0 Å². The number of benzene rings is 2. The highest BCUT2D eigenvalue weighted by Crippen LogP contribution is 2.29. The molecule has 1 N–H and O–H groups in total. The first-order chi connectivity index (χ1) is 9.49. The molecule has 2 aromatic carbocycles. The Hall–Kier alpha value is -1.22. The van der Waals surface area contributed by atoms with Crippen LogP contribution in [0.25, 0.3) is 0 Å². The summed E-state index contributed by atoms with van der Waals surface area (Å²) in [4.78, 5) is 0. The zero-order valence-electron chi connectivity index (χ0n) is 11.4. The third-order valence-corrected chi connectivity index (χ3v) is 3.56. The van der Waals surface area contributed by atoms with E-state index in [1.165, 1.54) is 0 Å². The molecule has 0 aliphatic heterocycles. The number of hydrogen-bond acceptors (Lipinski definition) is 2. The Balaban J connectivity index is 2.27. The van der Waals surface area contributed by atoms with Gasteiger partial charge in [-0.25, -0.2) is 0 Å². The largest absolute Gasteiger partial charge is 0.496 e. The number of methoxy groups -OCH3 is 1. The zero-order chi connectivity index (χ0) is 14.7. The molecule has 2 aromatic rings. The van der Waals surface area contributed by atoms with Crippen molar-refractivity contribution in [3.05, 3.63) is 63.1 Å². The SMILES string of the molecule is COc1ccc(Cl)cc1CC(O)c1cc(C)cc(Cl)c1. The van der Waals surface area contributed by atoms with Gasteiger partial charge in [-0.1, -0.05) is 29.3 Å². The number of aryl methyl sites for hydroxylation is 1. The number of rotatable bonds is 4. The van der Waals surface area contributed by atoms with Gasteiger partial charge < -0.3 is 9.84 Å². The van der Waals surface area contributed by atoms with Crippen LogP contribution in [-0.2, 0) is 6.42 Å². The van der Waals surface area contributed by atoms with Gasteiger partial charge in [0.15, 0.2) is 0 Å². The van der Waals surface area contributed by atoms with Crippen LogP contribution in [0.15, 0.2) is 36.4 Å². The summed E-state index contributed by atoms with van der Waals surface area (Å²) < 4.78 is 5.29. The molecule has 0 aliphatic rings. The van der Waals surface area contributed by atoms with Gasteiger partial charge in [0.25, 0.3) is 0 Å². The minimum absolute atomic E-state index is 0.420. The third-order valence-electron chi connectivity index (χ3n) is 3.10. The van der Waals surface area contributed by atoms with Crippen LogP contribution >= 0.6 is 23.2 Å². The van der Waals surface area contributed by atoms with Gasteiger partial charge in [0, 0.05) is 16.5 Å². The van der Waals surface area contributed by atoms with E-state index in [0.717, 1.165) is 16.7 Å². The quantitative estimate of drug-likeness (QED) is 0.895. The topological polar surface area (TPSA) is 29.5 Å². The van der Waals surface area contributed by atoms with E-state index in [9.17, 15) is 5.11 Å². The lowest BCUT2D eigenvalue weighted by Crippen LogP contribution is -2.04. The number of halogens is 2. The maximum Gasteiger partial charge on any atom is 0.122 e. The standard InChI is InChI=1S/C16H16Cl2O2/c1-10-5-11(7-14(18)6-10)15(19)9-12-8-13(17)3-4-16(12)20-2/h3-8,15,19H,9H2,1-2H3. The molecule has 0 bridgehead atoms. The van der Waals surface area contributed by atoms with Gasteiger partial charge in [0.05, 0.1) is 13.2 Å². The Labute approximate surface area is 128 Å². The average Bonchev–Trinajstić information content (AvgIpc) is 2.37. The Morgan fingerprint density at radius 3 is 2.50 bits per heavy atom. The van der Waals surface area contributed by atoms with E-state index in [1.807, 2.05) is 19.1 Å². The monoisotopic (exact) mass is 310 g/mol. The minimum atomic E-state index is -0.653. The third kappa shape index (κ3) is 3.66. The summed E-state index contributed by atoms with van der Waals surface area (Å²) in [5, 5.41) is 11.6. The maximum absolute atomic E-state index is 10.4. The number of aliphatic hydroxyl groups excluding tert-OH is 1. The lowest BCUT2D eigenvalue weighted by atomic mass is 9.99. The fraction of sp³-hybridized carbons (Fsp3) is 0.250. The van der Waals surface area contributed by atoms with Crippen LogP contribution in [0.4, 0.5) is 0 Å². The lowest BCUT2D eigenvalue weighted by molar-refractivity contribution is 0.177. The van der Waals surface area contributed by atoms with Crippen LogP contribution in [0.1, 0.15) is 22.8 Å². The molecule has 0 fully saturated rings. The van der Waals surface area contributed by atoms with E-state index in [0.29, 0.717) is 22.2 Å². The van der Waals surface area contributed by atoms with Crippen LogP contribution in [0, 0.1) is 6.92 Å². The second kappa shape index (κ2) is 6.49. The molecule has 0 radical (unpaired) electrons. The van der Waals surface area contributed by atoms with Gasteiger partial charge in [-0.2, -0.15) is 0 Å². The fourth-order valence-corrected chi connectivity index (χ4v) is 2.68. The molecule has 20 heavy (non-hydrogen) atoms. The Bertz CT molecular complexity index is 591. The van der Waals surface area contributed by atoms with E-state index in [-0.39, 0.29) is 0 Å².